The molecular weight excluding hydrogens is 140 g/mol. The molecule has 2 heterocycles. The average molecular weight is 150 g/mol. The molecule has 1 aliphatic rings. The monoisotopic (exact) mass is 150 g/mol. The number of fused-ring (bicyclic) bond motifs is 1. The summed E-state index contributed by atoms with van der Waals surface area (Å²) in [5.41, 5.74) is 1.15. The lowest BCUT2D eigenvalue weighted by Crippen LogP contribution is -2.13. The molecule has 0 aliphatic carbocycles. The van der Waals surface area contributed by atoms with Crippen LogP contribution >= 0.6 is 0 Å². The third-order valence-electron chi connectivity index (χ3n) is 2.01. The van der Waals surface area contributed by atoms with Crippen LogP contribution in [0.5, 0.6) is 5.75 Å². The van der Waals surface area contributed by atoms with Crippen LogP contribution in [0, 0.1) is 0 Å². The van der Waals surface area contributed by atoms with Gasteiger partial charge < -0.3 is 10.0 Å². The Hall–Kier alpha value is -1.25. The number of hydrogen-bond acceptors (Lipinski definition) is 3. The fraction of sp³-hybridized carbons (Fsp3) is 0.375. The predicted octanol–water partition coefficient (Wildman–Crippen LogP) is 0.779. The van der Waals surface area contributed by atoms with Crippen LogP contribution in [0.25, 0.3) is 0 Å². The first kappa shape index (κ1) is 6.46. The largest absolute Gasteiger partial charge is 0.506 e. The van der Waals surface area contributed by atoms with Crippen LogP contribution in [0.2, 0.25) is 0 Å². The van der Waals surface area contributed by atoms with Crippen LogP contribution in [0.1, 0.15) is 5.56 Å². The van der Waals surface area contributed by atoms with Crippen molar-refractivity contribution in [1.29, 1.82) is 0 Å². The molecule has 0 radical (unpaired) electrons. The molecule has 3 heteroatoms. The summed E-state index contributed by atoms with van der Waals surface area (Å²) in [5.74, 6) is 1.27. The molecule has 3 nitrogen and oxygen atoms in total. The summed E-state index contributed by atoms with van der Waals surface area (Å²) in [7, 11) is 2.01. The molecule has 0 bridgehead atoms. The Morgan fingerprint density at radius 2 is 2.45 bits per heavy atom. The lowest BCUT2D eigenvalue weighted by Gasteiger charge is -2.09. The highest BCUT2D eigenvalue weighted by molar-refractivity contribution is 5.52. The van der Waals surface area contributed by atoms with E-state index in [4.69, 9.17) is 5.11 Å². The van der Waals surface area contributed by atoms with E-state index in [-0.39, 0.29) is 5.75 Å². The van der Waals surface area contributed by atoms with Gasteiger partial charge in [-0.3, -0.25) is 0 Å². The zero-order valence-electron chi connectivity index (χ0n) is 6.41. The average Bonchev–Trinajstić information content (AvgIpc) is 2.32. The van der Waals surface area contributed by atoms with E-state index in [2.05, 4.69) is 9.88 Å². The second-order valence-corrected chi connectivity index (χ2v) is 2.85. The molecule has 0 aromatic carbocycles. The number of nitrogens with zero attached hydrogens (tertiary/aromatic N) is 2. The molecule has 0 spiro atoms. The molecule has 1 N–H and O–H groups in total. The standard InChI is InChI=1S/C8H10N2O/c1-10-3-2-6-4-7(11)5-9-8(6)10/h4-5,11H,2-3H2,1H3. The van der Waals surface area contributed by atoms with Gasteiger partial charge in [0.25, 0.3) is 0 Å². The zero-order valence-corrected chi connectivity index (χ0v) is 6.41. The second kappa shape index (κ2) is 2.12. The summed E-state index contributed by atoms with van der Waals surface area (Å²) in [5, 5.41) is 9.10. The summed E-state index contributed by atoms with van der Waals surface area (Å²) in [6.45, 7) is 1.01. The van der Waals surface area contributed by atoms with Crippen LogP contribution in [0.3, 0.4) is 0 Å². The summed E-state index contributed by atoms with van der Waals surface area (Å²) in [6, 6.07) is 1.78. The van der Waals surface area contributed by atoms with Gasteiger partial charge in [-0.25, -0.2) is 4.98 Å². The molecule has 1 aromatic rings. The summed E-state index contributed by atoms with van der Waals surface area (Å²) in [4.78, 5) is 6.21. The smallest absolute Gasteiger partial charge is 0.134 e. The summed E-state index contributed by atoms with van der Waals surface area (Å²) in [6.07, 6.45) is 2.48. The molecule has 0 saturated carbocycles. The summed E-state index contributed by atoms with van der Waals surface area (Å²) < 4.78 is 0. The van der Waals surface area contributed by atoms with Gasteiger partial charge >= 0.3 is 0 Å². The van der Waals surface area contributed by atoms with Crippen LogP contribution in [0.15, 0.2) is 12.3 Å². The minimum Gasteiger partial charge on any atom is -0.506 e. The van der Waals surface area contributed by atoms with Crippen LogP contribution in [-0.2, 0) is 6.42 Å². The van der Waals surface area contributed by atoms with E-state index in [1.165, 1.54) is 6.20 Å². The minimum atomic E-state index is 0.263. The molecule has 11 heavy (non-hydrogen) atoms. The van der Waals surface area contributed by atoms with E-state index >= 15 is 0 Å². The van der Waals surface area contributed by atoms with E-state index in [1.54, 1.807) is 6.07 Å². The van der Waals surface area contributed by atoms with Gasteiger partial charge in [0.05, 0.1) is 6.20 Å². The maximum Gasteiger partial charge on any atom is 0.134 e. The maximum absolute atomic E-state index is 9.10. The highest BCUT2D eigenvalue weighted by atomic mass is 16.3. The molecule has 1 aromatic heterocycles. The van der Waals surface area contributed by atoms with E-state index in [0.29, 0.717) is 0 Å². The fourth-order valence-corrected chi connectivity index (χ4v) is 1.41. The Balaban J connectivity index is 2.50. The minimum absolute atomic E-state index is 0.263. The number of rotatable bonds is 0. The predicted molar refractivity (Wildman–Crippen MR) is 42.9 cm³/mol. The van der Waals surface area contributed by atoms with Crippen molar-refractivity contribution in [2.45, 2.75) is 6.42 Å². The first-order valence-electron chi connectivity index (χ1n) is 3.66. The SMILES string of the molecule is CN1CCc2cc(O)cnc21. The van der Waals surface area contributed by atoms with Crippen molar-refractivity contribution in [3.05, 3.63) is 17.8 Å². The van der Waals surface area contributed by atoms with Gasteiger partial charge in [-0.15, -0.1) is 0 Å². The quantitative estimate of drug-likeness (QED) is 0.593. The normalized spacial score (nSPS) is 15.2. The van der Waals surface area contributed by atoms with Gasteiger partial charge in [-0.05, 0) is 12.5 Å². The number of anilines is 1. The highest BCUT2D eigenvalue weighted by Gasteiger charge is 2.16. The van der Waals surface area contributed by atoms with Crippen LogP contribution < -0.4 is 4.90 Å². The number of pyridine rings is 1. The van der Waals surface area contributed by atoms with Gasteiger partial charge in [-0.1, -0.05) is 0 Å². The highest BCUT2D eigenvalue weighted by Crippen LogP contribution is 2.26. The molecule has 0 atom stereocenters. The van der Waals surface area contributed by atoms with Crippen molar-refractivity contribution in [3.8, 4) is 5.75 Å². The first-order valence-corrected chi connectivity index (χ1v) is 3.66. The molecule has 1 aliphatic heterocycles. The van der Waals surface area contributed by atoms with E-state index < -0.39 is 0 Å². The number of likely N-dealkylation sites (N-methyl/N-ethyl adjacent to an activating group) is 1. The molecule has 0 amide bonds. The Kier molecular flexibility index (Phi) is 1.24. The molecule has 2 rings (SSSR count). The molecule has 0 unspecified atom stereocenters. The Morgan fingerprint density at radius 3 is 3.27 bits per heavy atom. The number of hydrogen-bond donors (Lipinski definition) is 1. The van der Waals surface area contributed by atoms with Crippen LogP contribution in [0.4, 0.5) is 5.82 Å². The topological polar surface area (TPSA) is 36.4 Å². The third kappa shape index (κ3) is 0.926. The van der Waals surface area contributed by atoms with E-state index in [0.717, 1.165) is 24.3 Å². The maximum atomic E-state index is 9.10. The molecule has 0 fully saturated rings. The Morgan fingerprint density at radius 1 is 1.64 bits per heavy atom. The van der Waals surface area contributed by atoms with Crippen molar-refractivity contribution in [1.82, 2.24) is 4.98 Å². The Labute approximate surface area is 65.3 Å². The van der Waals surface area contributed by atoms with Gasteiger partial charge in [0.15, 0.2) is 0 Å². The van der Waals surface area contributed by atoms with Crippen molar-refractivity contribution in [2.24, 2.45) is 0 Å². The van der Waals surface area contributed by atoms with Gasteiger partial charge in [-0.2, -0.15) is 0 Å². The fourth-order valence-electron chi connectivity index (χ4n) is 1.41. The lowest BCUT2D eigenvalue weighted by atomic mass is 10.2. The lowest BCUT2D eigenvalue weighted by molar-refractivity contribution is 0.472. The van der Waals surface area contributed by atoms with E-state index in [1.807, 2.05) is 7.05 Å². The third-order valence-corrected chi connectivity index (χ3v) is 2.01. The summed E-state index contributed by atoms with van der Waals surface area (Å²) >= 11 is 0. The van der Waals surface area contributed by atoms with Crippen molar-refractivity contribution in [3.63, 3.8) is 0 Å². The van der Waals surface area contributed by atoms with Crippen LogP contribution in [-0.4, -0.2) is 23.7 Å². The van der Waals surface area contributed by atoms with Gasteiger partial charge in [0, 0.05) is 19.2 Å². The van der Waals surface area contributed by atoms with Crippen molar-refractivity contribution in [2.75, 3.05) is 18.5 Å². The van der Waals surface area contributed by atoms with E-state index in [9.17, 15) is 0 Å². The molecule has 58 valence electrons. The number of aromatic hydroxyl groups is 1. The molecule has 0 saturated heterocycles. The Bertz CT molecular complexity index is 285. The zero-order chi connectivity index (χ0) is 7.84. The van der Waals surface area contributed by atoms with Crippen molar-refractivity contribution < 1.29 is 5.11 Å². The van der Waals surface area contributed by atoms with Gasteiger partial charge in [0.2, 0.25) is 0 Å². The number of aromatic nitrogens is 1. The van der Waals surface area contributed by atoms with Crippen molar-refractivity contribution >= 4 is 5.82 Å². The first-order chi connectivity index (χ1) is 5.27. The molecular formula is C8H10N2O. The van der Waals surface area contributed by atoms with Gasteiger partial charge in [0.1, 0.15) is 11.6 Å². The second-order valence-electron chi connectivity index (χ2n) is 2.85.